The largest absolute Gasteiger partial charge is 0.462 e. The minimum absolute atomic E-state index is 0.295. The summed E-state index contributed by atoms with van der Waals surface area (Å²) in [5.41, 5.74) is 0.553. The highest BCUT2D eigenvalue weighted by Gasteiger charge is 2.26. The number of carbonyl (C=O) groups excluding carboxylic acids is 1. The number of hydrogen-bond acceptors (Lipinski definition) is 5. The van der Waals surface area contributed by atoms with E-state index in [1.54, 1.807) is 18.3 Å². The number of hydrogen-bond donors (Lipinski definition) is 1. The molecule has 0 amide bonds. The third-order valence-electron chi connectivity index (χ3n) is 4.27. The van der Waals surface area contributed by atoms with Crippen LogP contribution in [0.4, 0.5) is 5.82 Å². The van der Waals surface area contributed by atoms with Crippen molar-refractivity contribution in [2.45, 2.75) is 44.7 Å². The zero-order valence-electron chi connectivity index (χ0n) is 13.1. The minimum atomic E-state index is -0.295. The molecular formula is C16H25N3O2. The second-order valence-corrected chi connectivity index (χ2v) is 5.50. The summed E-state index contributed by atoms with van der Waals surface area (Å²) < 4.78 is 5.12. The summed E-state index contributed by atoms with van der Waals surface area (Å²) in [6, 6.07) is 4.61. The SMILES string of the molecule is CCOC(=O)c1cccnc1N(C)C1CCC(NC)CC1. The molecule has 0 bridgehead atoms. The summed E-state index contributed by atoms with van der Waals surface area (Å²) in [6.07, 6.45) is 6.27. The molecule has 0 atom stereocenters. The van der Waals surface area contributed by atoms with Crippen LogP contribution in [0.3, 0.4) is 0 Å². The van der Waals surface area contributed by atoms with Gasteiger partial charge in [-0.15, -0.1) is 0 Å². The summed E-state index contributed by atoms with van der Waals surface area (Å²) in [6.45, 7) is 2.20. The van der Waals surface area contributed by atoms with Gasteiger partial charge in [0.25, 0.3) is 0 Å². The molecule has 1 heterocycles. The van der Waals surface area contributed by atoms with Crippen molar-refractivity contribution in [1.29, 1.82) is 0 Å². The summed E-state index contributed by atoms with van der Waals surface area (Å²) in [5.74, 6) is 0.431. The van der Waals surface area contributed by atoms with Crippen molar-refractivity contribution in [2.75, 3.05) is 25.6 Å². The smallest absolute Gasteiger partial charge is 0.341 e. The van der Waals surface area contributed by atoms with E-state index in [0.717, 1.165) is 31.5 Å². The number of carbonyl (C=O) groups is 1. The number of ether oxygens (including phenoxy) is 1. The summed E-state index contributed by atoms with van der Waals surface area (Å²) in [4.78, 5) is 18.6. The van der Waals surface area contributed by atoms with Crippen LogP contribution in [0.25, 0.3) is 0 Å². The quantitative estimate of drug-likeness (QED) is 0.843. The molecular weight excluding hydrogens is 266 g/mol. The highest BCUT2D eigenvalue weighted by molar-refractivity contribution is 5.94. The predicted molar refractivity (Wildman–Crippen MR) is 83.7 cm³/mol. The van der Waals surface area contributed by atoms with Crippen LogP contribution in [0.2, 0.25) is 0 Å². The minimum Gasteiger partial charge on any atom is -0.462 e. The van der Waals surface area contributed by atoms with Crippen molar-refractivity contribution in [3.8, 4) is 0 Å². The second-order valence-electron chi connectivity index (χ2n) is 5.50. The first-order valence-corrected chi connectivity index (χ1v) is 7.69. The Bertz CT molecular complexity index is 470. The van der Waals surface area contributed by atoms with Crippen molar-refractivity contribution < 1.29 is 9.53 Å². The topological polar surface area (TPSA) is 54.5 Å². The van der Waals surface area contributed by atoms with E-state index in [4.69, 9.17) is 4.74 Å². The van der Waals surface area contributed by atoms with Gasteiger partial charge in [0.15, 0.2) is 0 Å². The van der Waals surface area contributed by atoms with Crippen molar-refractivity contribution in [3.63, 3.8) is 0 Å². The van der Waals surface area contributed by atoms with Crippen molar-refractivity contribution in [1.82, 2.24) is 10.3 Å². The lowest BCUT2D eigenvalue weighted by Gasteiger charge is -2.35. The average molecular weight is 291 g/mol. The lowest BCUT2D eigenvalue weighted by atomic mass is 9.90. The maximum atomic E-state index is 12.1. The van der Waals surface area contributed by atoms with Crippen LogP contribution in [0.15, 0.2) is 18.3 Å². The molecule has 0 spiro atoms. The van der Waals surface area contributed by atoms with Crippen molar-refractivity contribution in [3.05, 3.63) is 23.9 Å². The van der Waals surface area contributed by atoms with Gasteiger partial charge in [-0.1, -0.05) is 0 Å². The lowest BCUT2D eigenvalue weighted by molar-refractivity contribution is 0.0526. The Morgan fingerprint density at radius 1 is 1.43 bits per heavy atom. The van der Waals surface area contributed by atoms with E-state index in [2.05, 4.69) is 15.2 Å². The third kappa shape index (κ3) is 3.73. The molecule has 1 aromatic heterocycles. The van der Waals surface area contributed by atoms with Crippen LogP contribution in [0.5, 0.6) is 0 Å². The summed E-state index contributed by atoms with van der Waals surface area (Å²) in [5, 5.41) is 3.34. The highest BCUT2D eigenvalue weighted by atomic mass is 16.5. The molecule has 1 N–H and O–H groups in total. The monoisotopic (exact) mass is 291 g/mol. The molecule has 1 aromatic rings. The van der Waals surface area contributed by atoms with E-state index in [1.165, 1.54) is 0 Å². The number of aromatic nitrogens is 1. The number of nitrogens with zero attached hydrogens (tertiary/aromatic N) is 2. The van der Waals surface area contributed by atoms with Gasteiger partial charge < -0.3 is 15.0 Å². The van der Waals surface area contributed by atoms with Gasteiger partial charge in [-0.25, -0.2) is 9.78 Å². The number of pyridine rings is 1. The molecule has 5 nitrogen and oxygen atoms in total. The first-order chi connectivity index (χ1) is 10.2. The normalized spacial score (nSPS) is 21.9. The first kappa shape index (κ1) is 15.8. The van der Waals surface area contributed by atoms with Gasteiger partial charge in [-0.3, -0.25) is 0 Å². The van der Waals surface area contributed by atoms with Crippen LogP contribution in [-0.2, 0) is 4.74 Å². The van der Waals surface area contributed by atoms with E-state index >= 15 is 0 Å². The molecule has 1 aliphatic rings. The van der Waals surface area contributed by atoms with Crippen LogP contribution >= 0.6 is 0 Å². The second kappa shape index (κ2) is 7.41. The molecule has 0 radical (unpaired) electrons. The Labute approximate surface area is 126 Å². The van der Waals surface area contributed by atoms with E-state index in [-0.39, 0.29) is 5.97 Å². The standard InChI is InChI=1S/C16H25N3O2/c1-4-21-16(20)14-6-5-11-18-15(14)19(3)13-9-7-12(17-2)8-10-13/h5-6,11-13,17H,4,7-10H2,1-3H3. The maximum absolute atomic E-state index is 12.1. The Balaban J connectivity index is 2.12. The molecule has 1 fully saturated rings. The van der Waals surface area contributed by atoms with Gasteiger partial charge in [0.05, 0.1) is 6.61 Å². The van der Waals surface area contributed by atoms with E-state index in [0.29, 0.717) is 24.3 Å². The molecule has 116 valence electrons. The van der Waals surface area contributed by atoms with Crippen molar-refractivity contribution >= 4 is 11.8 Å². The van der Waals surface area contributed by atoms with E-state index < -0.39 is 0 Å². The van der Waals surface area contributed by atoms with Crippen molar-refractivity contribution in [2.24, 2.45) is 0 Å². The molecule has 0 aliphatic heterocycles. The molecule has 21 heavy (non-hydrogen) atoms. The van der Waals surface area contributed by atoms with Gasteiger partial charge in [0, 0.05) is 25.3 Å². The third-order valence-corrected chi connectivity index (χ3v) is 4.27. The highest BCUT2D eigenvalue weighted by Crippen LogP contribution is 2.27. The molecule has 5 heteroatoms. The molecule has 2 rings (SSSR count). The zero-order chi connectivity index (χ0) is 15.2. The van der Waals surface area contributed by atoms with Gasteiger partial charge >= 0.3 is 5.97 Å². The maximum Gasteiger partial charge on any atom is 0.341 e. The van der Waals surface area contributed by atoms with Crippen LogP contribution in [0, 0.1) is 0 Å². The molecule has 1 saturated carbocycles. The summed E-state index contributed by atoms with van der Waals surface area (Å²) in [7, 11) is 4.04. The Morgan fingerprint density at radius 2 is 2.14 bits per heavy atom. The van der Waals surface area contributed by atoms with E-state index in [9.17, 15) is 4.79 Å². The summed E-state index contributed by atoms with van der Waals surface area (Å²) >= 11 is 0. The zero-order valence-corrected chi connectivity index (χ0v) is 13.1. The molecule has 0 saturated heterocycles. The first-order valence-electron chi connectivity index (χ1n) is 7.69. The average Bonchev–Trinajstić information content (AvgIpc) is 2.54. The van der Waals surface area contributed by atoms with Gasteiger partial charge in [0.2, 0.25) is 0 Å². The Morgan fingerprint density at radius 3 is 2.76 bits per heavy atom. The fourth-order valence-electron chi connectivity index (χ4n) is 2.97. The Hall–Kier alpha value is -1.62. The van der Waals surface area contributed by atoms with Crippen LogP contribution < -0.4 is 10.2 Å². The number of anilines is 1. The molecule has 1 aliphatic carbocycles. The molecule has 0 aromatic carbocycles. The van der Waals surface area contributed by atoms with Crippen LogP contribution in [0.1, 0.15) is 43.0 Å². The van der Waals surface area contributed by atoms with Gasteiger partial charge in [0.1, 0.15) is 11.4 Å². The molecule has 0 unspecified atom stereocenters. The van der Waals surface area contributed by atoms with E-state index in [1.807, 2.05) is 21.0 Å². The lowest BCUT2D eigenvalue weighted by Crippen LogP contribution is -2.40. The van der Waals surface area contributed by atoms with Crippen LogP contribution in [-0.4, -0.2) is 43.7 Å². The van der Waals surface area contributed by atoms with Gasteiger partial charge in [-0.2, -0.15) is 0 Å². The number of rotatable bonds is 5. The van der Waals surface area contributed by atoms with Gasteiger partial charge in [-0.05, 0) is 51.8 Å². The number of esters is 1. The fraction of sp³-hybridized carbons (Fsp3) is 0.625. The Kier molecular flexibility index (Phi) is 5.56. The number of nitrogens with one attached hydrogen (secondary N) is 1. The predicted octanol–water partition coefficient (Wildman–Crippen LogP) is 2.23. The fourth-order valence-corrected chi connectivity index (χ4v) is 2.97.